The first kappa shape index (κ1) is 32.2. The van der Waals surface area contributed by atoms with Crippen LogP contribution in [0.1, 0.15) is 37.4 Å². The molecule has 2 aromatic rings. The Bertz CT molecular complexity index is 1530. The Labute approximate surface area is 254 Å². The van der Waals surface area contributed by atoms with Crippen molar-refractivity contribution in [1.29, 1.82) is 0 Å². The summed E-state index contributed by atoms with van der Waals surface area (Å²) in [6, 6.07) is 7.88. The first-order valence-corrected chi connectivity index (χ1v) is 14.3. The number of pyridine rings is 1. The maximum atomic E-state index is 13.6. The first-order chi connectivity index (χ1) is 21.2. The highest BCUT2D eigenvalue weighted by Crippen LogP contribution is 2.44. The van der Waals surface area contributed by atoms with E-state index in [0.717, 1.165) is 25.1 Å². The summed E-state index contributed by atoms with van der Waals surface area (Å²) in [5.74, 6) is -2.24. The Kier molecular flexibility index (Phi) is 8.78. The minimum atomic E-state index is -4.98. The summed E-state index contributed by atoms with van der Waals surface area (Å²) >= 11 is 0. The van der Waals surface area contributed by atoms with E-state index in [4.69, 9.17) is 19.6 Å². The first-order valence-electron chi connectivity index (χ1n) is 14.3. The molecule has 1 N–H and O–H groups in total. The molecule has 2 aliphatic heterocycles. The number of alkyl halides is 6. The molecule has 14 heteroatoms. The monoisotopic (exact) mass is 639 g/mol. The number of carboxylic acid groups (broad SMARTS) is 1. The van der Waals surface area contributed by atoms with Gasteiger partial charge in [-0.15, -0.1) is 0 Å². The van der Waals surface area contributed by atoms with Gasteiger partial charge in [-0.2, -0.15) is 26.3 Å². The Hall–Kier alpha value is -4.23. The normalized spacial score (nSPS) is 22.0. The summed E-state index contributed by atoms with van der Waals surface area (Å²) in [5, 5.41) is 9.14. The molecule has 3 aliphatic rings. The predicted octanol–water partition coefficient (Wildman–Crippen LogP) is 6.69. The number of hydrogen-bond acceptors (Lipinski definition) is 6. The predicted molar refractivity (Wildman–Crippen MR) is 151 cm³/mol. The van der Waals surface area contributed by atoms with Crippen LogP contribution in [0.4, 0.5) is 37.0 Å². The number of aryl methyl sites for hydroxylation is 1. The van der Waals surface area contributed by atoms with E-state index in [1.54, 1.807) is 24.3 Å². The largest absolute Gasteiger partial charge is 0.496 e. The van der Waals surface area contributed by atoms with Crippen LogP contribution in [0, 0.1) is 5.92 Å². The Balaban J connectivity index is 1.51. The van der Waals surface area contributed by atoms with Crippen molar-refractivity contribution in [2.45, 2.75) is 63.7 Å². The fourth-order valence-electron chi connectivity index (χ4n) is 5.69. The summed E-state index contributed by atoms with van der Waals surface area (Å²) < 4.78 is 92.6. The number of carboxylic acids is 1. The number of amides is 1. The summed E-state index contributed by atoms with van der Waals surface area (Å²) in [7, 11) is 1.47. The topological polar surface area (TPSA) is 92.2 Å². The van der Waals surface area contributed by atoms with Crippen molar-refractivity contribution in [3.63, 3.8) is 0 Å². The number of hydrogen-bond donors (Lipinski definition) is 1. The number of nitrogens with zero attached hydrogens (tertiary/aromatic N) is 3. The Morgan fingerprint density at radius 2 is 1.84 bits per heavy atom. The smallest absolute Gasteiger partial charge is 0.412 e. The highest BCUT2D eigenvalue weighted by Gasteiger charge is 2.48. The zero-order chi connectivity index (χ0) is 32.7. The van der Waals surface area contributed by atoms with Crippen molar-refractivity contribution < 1.29 is 50.5 Å². The van der Waals surface area contributed by atoms with E-state index in [2.05, 4.69) is 0 Å². The molecular formula is C31H31F6N3O5. The standard InChI is InChI=1S/C31H31F6N3O5/c1-17-28(19-13-20(30(32,33)34)15-21(14-19)31(35,36)37)45-29(43)40(17)16-24-22(6-8-26(38-24)39-10-3-11-39)23-12-18(5-9-27(41)42)4-7-25(23)44-2/h4,6-8,12-14,17,20,28H,3,5,9-11,15-16H2,1-2H3,(H,41,42)/t17-,20?,28-/m0/s1. The minimum absolute atomic E-state index is 0.0984. The second-order valence-corrected chi connectivity index (χ2v) is 11.3. The maximum absolute atomic E-state index is 13.6. The zero-order valence-corrected chi connectivity index (χ0v) is 24.4. The molecule has 5 rings (SSSR count). The van der Waals surface area contributed by atoms with Crippen LogP contribution in [0.25, 0.3) is 11.1 Å². The number of cyclic esters (lactones) is 1. The molecule has 3 heterocycles. The summed E-state index contributed by atoms with van der Waals surface area (Å²) in [4.78, 5) is 32.4. The molecule has 1 aromatic carbocycles. The molecule has 0 saturated carbocycles. The number of ether oxygens (including phenoxy) is 2. The number of anilines is 1. The van der Waals surface area contributed by atoms with Gasteiger partial charge in [0.05, 0.1) is 31.3 Å². The van der Waals surface area contributed by atoms with Crippen molar-refractivity contribution >= 4 is 17.9 Å². The van der Waals surface area contributed by atoms with Crippen LogP contribution in [0.3, 0.4) is 0 Å². The van der Waals surface area contributed by atoms with Crippen molar-refractivity contribution in [2.24, 2.45) is 5.92 Å². The lowest BCUT2D eigenvalue weighted by Crippen LogP contribution is -2.38. The molecule has 2 fully saturated rings. The van der Waals surface area contributed by atoms with E-state index >= 15 is 0 Å². The van der Waals surface area contributed by atoms with Crippen LogP contribution in [0.5, 0.6) is 5.75 Å². The van der Waals surface area contributed by atoms with Gasteiger partial charge in [-0.25, -0.2) is 9.78 Å². The van der Waals surface area contributed by atoms with E-state index in [9.17, 15) is 35.9 Å². The molecule has 0 spiro atoms. The number of halogens is 6. The summed E-state index contributed by atoms with van der Waals surface area (Å²) in [6.07, 6.45) is -11.0. The summed E-state index contributed by atoms with van der Waals surface area (Å²) in [5.41, 5.74) is 0.547. The van der Waals surface area contributed by atoms with Crippen LogP contribution < -0.4 is 9.64 Å². The van der Waals surface area contributed by atoms with E-state index in [1.807, 2.05) is 11.0 Å². The number of rotatable bonds is 9. The molecule has 1 amide bonds. The van der Waals surface area contributed by atoms with Gasteiger partial charge in [0.1, 0.15) is 17.7 Å². The lowest BCUT2D eigenvalue weighted by molar-refractivity contribution is -0.166. The third-order valence-electron chi connectivity index (χ3n) is 8.32. The van der Waals surface area contributed by atoms with Crippen molar-refractivity contribution in [2.75, 3.05) is 25.1 Å². The van der Waals surface area contributed by atoms with Crippen molar-refractivity contribution in [3.8, 4) is 16.9 Å². The van der Waals surface area contributed by atoms with Crippen LogP contribution in [-0.4, -0.2) is 71.8 Å². The van der Waals surface area contributed by atoms with Gasteiger partial charge < -0.3 is 19.5 Å². The Morgan fingerprint density at radius 1 is 1.11 bits per heavy atom. The highest BCUT2D eigenvalue weighted by atomic mass is 19.4. The number of carbonyl (C=O) groups is 2. The third-order valence-corrected chi connectivity index (χ3v) is 8.32. The quantitative estimate of drug-likeness (QED) is 0.306. The molecule has 8 nitrogen and oxygen atoms in total. The minimum Gasteiger partial charge on any atom is -0.496 e. The third kappa shape index (κ3) is 6.89. The molecule has 242 valence electrons. The number of allylic oxidation sites excluding steroid dienone is 2. The number of aromatic nitrogens is 1. The van der Waals surface area contributed by atoms with Gasteiger partial charge in [-0.1, -0.05) is 12.1 Å². The molecule has 2 saturated heterocycles. The van der Waals surface area contributed by atoms with E-state index in [1.165, 1.54) is 18.9 Å². The van der Waals surface area contributed by atoms with Gasteiger partial charge >= 0.3 is 24.4 Å². The van der Waals surface area contributed by atoms with Crippen LogP contribution in [0.2, 0.25) is 0 Å². The van der Waals surface area contributed by atoms with Crippen LogP contribution in [-0.2, 0) is 22.5 Å². The SMILES string of the molecule is COc1ccc(CCC(=O)O)cc1-c1ccc(N2CCC2)nc1CN1C(=O)O[C@H](C2=CC(C(F)(F)F)CC(C(F)(F)F)=C2)[C@@H]1C. The fraction of sp³-hybridized carbons (Fsp3) is 0.452. The van der Waals surface area contributed by atoms with Gasteiger partial charge in [0.25, 0.3) is 0 Å². The molecule has 45 heavy (non-hydrogen) atoms. The van der Waals surface area contributed by atoms with Crippen molar-refractivity contribution in [3.05, 3.63) is 64.9 Å². The van der Waals surface area contributed by atoms with E-state index in [0.29, 0.717) is 40.5 Å². The summed E-state index contributed by atoms with van der Waals surface area (Å²) in [6.45, 7) is 2.88. The van der Waals surface area contributed by atoms with Crippen LogP contribution >= 0.6 is 0 Å². The lowest BCUT2D eigenvalue weighted by Gasteiger charge is -2.33. The second kappa shape index (κ2) is 12.3. The van der Waals surface area contributed by atoms with Crippen LogP contribution in [0.15, 0.2) is 53.6 Å². The molecule has 1 unspecified atom stereocenters. The molecule has 0 bridgehead atoms. The maximum Gasteiger partial charge on any atom is 0.412 e. The molecule has 1 aromatic heterocycles. The van der Waals surface area contributed by atoms with Crippen molar-refractivity contribution in [1.82, 2.24) is 9.88 Å². The number of methoxy groups -OCH3 is 1. The number of aliphatic carboxylic acids is 1. The number of carbonyl (C=O) groups excluding carboxylic acids is 1. The van der Waals surface area contributed by atoms with Gasteiger partial charge in [0.15, 0.2) is 0 Å². The van der Waals surface area contributed by atoms with Gasteiger partial charge in [0.2, 0.25) is 0 Å². The second-order valence-electron chi connectivity index (χ2n) is 11.3. The highest BCUT2D eigenvalue weighted by molar-refractivity contribution is 5.76. The molecular weight excluding hydrogens is 608 g/mol. The zero-order valence-electron chi connectivity index (χ0n) is 24.4. The molecule has 1 aliphatic carbocycles. The van der Waals surface area contributed by atoms with Gasteiger partial charge in [-0.3, -0.25) is 9.69 Å². The fourth-order valence-corrected chi connectivity index (χ4v) is 5.69. The Morgan fingerprint density at radius 3 is 2.44 bits per heavy atom. The van der Waals surface area contributed by atoms with Gasteiger partial charge in [-0.05, 0) is 67.7 Å². The van der Waals surface area contributed by atoms with E-state index in [-0.39, 0.29) is 25.0 Å². The molecule has 3 atom stereocenters. The number of benzene rings is 1. The van der Waals surface area contributed by atoms with Gasteiger partial charge in [0, 0.05) is 36.2 Å². The lowest BCUT2D eigenvalue weighted by atomic mass is 9.86. The molecule has 0 radical (unpaired) electrons. The average molecular weight is 640 g/mol. The average Bonchev–Trinajstić information content (AvgIpc) is 3.22. The van der Waals surface area contributed by atoms with E-state index < -0.39 is 54.5 Å².